The Labute approximate surface area is 95.3 Å². The highest BCUT2D eigenvalue weighted by Gasteiger charge is 2.09. The first-order chi connectivity index (χ1) is 7.58. The maximum atomic E-state index is 11.3. The molecule has 0 aliphatic rings. The van der Waals surface area contributed by atoms with Crippen molar-refractivity contribution in [3.05, 3.63) is 47.2 Å². The molecule has 0 spiro atoms. The van der Waals surface area contributed by atoms with E-state index < -0.39 is 0 Å². The number of Topliss-reactive ketones (excluding diaryl/α,β-unsaturated/α-hetero) is 1. The first kappa shape index (κ1) is 10.7. The van der Waals surface area contributed by atoms with Gasteiger partial charge in [0.05, 0.1) is 5.69 Å². The molecule has 2 nitrogen and oxygen atoms in total. The van der Waals surface area contributed by atoms with E-state index in [0.29, 0.717) is 5.69 Å². The number of hydrogen-bond acceptors (Lipinski definition) is 1. The second-order valence-electron chi connectivity index (χ2n) is 4.17. The molecule has 0 aliphatic heterocycles. The molecule has 0 saturated carbocycles. The summed E-state index contributed by atoms with van der Waals surface area (Å²) < 4.78 is 0. The van der Waals surface area contributed by atoms with E-state index in [4.69, 9.17) is 0 Å². The van der Waals surface area contributed by atoms with Crippen LogP contribution >= 0.6 is 0 Å². The van der Waals surface area contributed by atoms with Crippen LogP contribution in [0.2, 0.25) is 0 Å². The van der Waals surface area contributed by atoms with Crippen molar-refractivity contribution in [1.82, 2.24) is 4.98 Å². The highest BCUT2D eigenvalue weighted by molar-refractivity contribution is 5.94. The largest absolute Gasteiger partial charge is 0.352 e. The van der Waals surface area contributed by atoms with Gasteiger partial charge in [0.1, 0.15) is 0 Å². The summed E-state index contributed by atoms with van der Waals surface area (Å²) in [6, 6.07) is 10.3. The van der Waals surface area contributed by atoms with E-state index in [-0.39, 0.29) is 5.78 Å². The molecule has 1 aromatic carbocycles. The lowest BCUT2D eigenvalue weighted by Gasteiger charge is -1.99. The van der Waals surface area contributed by atoms with Crippen molar-refractivity contribution in [2.24, 2.45) is 0 Å². The Hall–Kier alpha value is -1.83. The van der Waals surface area contributed by atoms with Crippen LogP contribution in [0.4, 0.5) is 0 Å². The molecule has 2 aromatic rings. The molecule has 0 unspecified atom stereocenters. The number of benzene rings is 1. The molecule has 0 saturated heterocycles. The van der Waals surface area contributed by atoms with Gasteiger partial charge in [-0.3, -0.25) is 4.79 Å². The zero-order chi connectivity index (χ0) is 11.7. The molecule has 0 amide bonds. The van der Waals surface area contributed by atoms with Crippen molar-refractivity contribution in [2.45, 2.75) is 20.8 Å². The minimum Gasteiger partial charge on any atom is -0.352 e. The van der Waals surface area contributed by atoms with Gasteiger partial charge in [-0.15, -0.1) is 0 Å². The number of hydrogen-bond donors (Lipinski definition) is 1. The van der Waals surface area contributed by atoms with E-state index in [2.05, 4.69) is 24.0 Å². The number of H-pyrrole nitrogens is 1. The number of aryl methyl sites for hydroxylation is 2. The molecule has 0 aliphatic carbocycles. The number of rotatable bonds is 2. The number of aromatic nitrogens is 1. The van der Waals surface area contributed by atoms with Crippen molar-refractivity contribution in [2.75, 3.05) is 0 Å². The van der Waals surface area contributed by atoms with E-state index in [1.54, 1.807) is 6.92 Å². The molecule has 16 heavy (non-hydrogen) atoms. The summed E-state index contributed by atoms with van der Waals surface area (Å²) >= 11 is 0. The standard InChI is InChI=1S/C14H15NO/c1-9-5-4-6-12(7-9)13-8-10(2)14(15-13)11(3)16/h4-8,15H,1-3H3. The smallest absolute Gasteiger partial charge is 0.176 e. The minimum atomic E-state index is 0.0800. The summed E-state index contributed by atoms with van der Waals surface area (Å²) in [7, 11) is 0. The number of carbonyl (C=O) groups is 1. The molecule has 0 radical (unpaired) electrons. The fraction of sp³-hybridized carbons (Fsp3) is 0.214. The summed E-state index contributed by atoms with van der Waals surface area (Å²) in [5, 5.41) is 0. The van der Waals surface area contributed by atoms with Gasteiger partial charge in [0.15, 0.2) is 5.78 Å². The zero-order valence-electron chi connectivity index (χ0n) is 9.79. The zero-order valence-corrected chi connectivity index (χ0v) is 9.79. The van der Waals surface area contributed by atoms with Gasteiger partial charge >= 0.3 is 0 Å². The Morgan fingerprint density at radius 3 is 2.50 bits per heavy atom. The van der Waals surface area contributed by atoms with E-state index in [0.717, 1.165) is 16.8 Å². The van der Waals surface area contributed by atoms with Crippen molar-refractivity contribution in [3.8, 4) is 11.3 Å². The maximum absolute atomic E-state index is 11.3. The Kier molecular flexibility index (Phi) is 2.65. The van der Waals surface area contributed by atoms with Gasteiger partial charge in [0, 0.05) is 12.6 Å². The molecule has 1 heterocycles. The molecule has 2 heteroatoms. The Morgan fingerprint density at radius 2 is 1.94 bits per heavy atom. The van der Waals surface area contributed by atoms with E-state index in [1.165, 1.54) is 5.56 Å². The molecule has 0 bridgehead atoms. The minimum absolute atomic E-state index is 0.0800. The molecule has 0 atom stereocenters. The number of nitrogens with one attached hydrogen (secondary N) is 1. The van der Waals surface area contributed by atoms with Crippen molar-refractivity contribution >= 4 is 5.78 Å². The van der Waals surface area contributed by atoms with Crippen molar-refractivity contribution in [1.29, 1.82) is 0 Å². The lowest BCUT2D eigenvalue weighted by Crippen LogP contribution is -1.94. The van der Waals surface area contributed by atoms with Gasteiger partial charge in [-0.05, 0) is 37.1 Å². The van der Waals surface area contributed by atoms with Crippen molar-refractivity contribution in [3.63, 3.8) is 0 Å². The highest BCUT2D eigenvalue weighted by atomic mass is 16.1. The van der Waals surface area contributed by atoms with Crippen LogP contribution in [0, 0.1) is 13.8 Å². The first-order valence-corrected chi connectivity index (χ1v) is 5.35. The predicted molar refractivity (Wildman–Crippen MR) is 65.7 cm³/mol. The van der Waals surface area contributed by atoms with Crippen LogP contribution in [0.3, 0.4) is 0 Å². The van der Waals surface area contributed by atoms with Crippen LogP contribution in [-0.4, -0.2) is 10.8 Å². The first-order valence-electron chi connectivity index (χ1n) is 5.35. The molecule has 2 rings (SSSR count). The van der Waals surface area contributed by atoms with Gasteiger partial charge in [-0.2, -0.15) is 0 Å². The maximum Gasteiger partial charge on any atom is 0.176 e. The summed E-state index contributed by atoms with van der Waals surface area (Å²) in [6.45, 7) is 5.59. The fourth-order valence-electron chi connectivity index (χ4n) is 1.89. The van der Waals surface area contributed by atoms with Crippen LogP contribution in [0.15, 0.2) is 30.3 Å². The summed E-state index contributed by atoms with van der Waals surface area (Å²) in [4.78, 5) is 14.5. The number of ketones is 1. The fourth-order valence-corrected chi connectivity index (χ4v) is 1.89. The second-order valence-corrected chi connectivity index (χ2v) is 4.17. The van der Waals surface area contributed by atoms with Crippen LogP contribution in [0.1, 0.15) is 28.5 Å². The lowest BCUT2D eigenvalue weighted by atomic mass is 10.1. The van der Waals surface area contributed by atoms with E-state index in [9.17, 15) is 4.79 Å². The summed E-state index contributed by atoms with van der Waals surface area (Å²) in [5.41, 5.74) is 5.05. The topological polar surface area (TPSA) is 32.9 Å². The van der Waals surface area contributed by atoms with Gasteiger partial charge in [-0.25, -0.2) is 0 Å². The number of aromatic amines is 1. The van der Waals surface area contributed by atoms with Gasteiger partial charge in [-0.1, -0.05) is 23.8 Å². The van der Waals surface area contributed by atoms with E-state index >= 15 is 0 Å². The van der Waals surface area contributed by atoms with Gasteiger partial charge in [0.2, 0.25) is 0 Å². The predicted octanol–water partition coefficient (Wildman–Crippen LogP) is 3.50. The SMILES string of the molecule is CC(=O)c1[nH]c(-c2cccc(C)c2)cc1C. The Morgan fingerprint density at radius 1 is 1.19 bits per heavy atom. The quantitative estimate of drug-likeness (QED) is 0.761. The number of carbonyl (C=O) groups excluding carboxylic acids is 1. The lowest BCUT2D eigenvalue weighted by molar-refractivity contribution is 0.101. The average Bonchev–Trinajstić information content (AvgIpc) is 2.60. The van der Waals surface area contributed by atoms with Crippen LogP contribution in [0.5, 0.6) is 0 Å². The van der Waals surface area contributed by atoms with Gasteiger partial charge in [0.25, 0.3) is 0 Å². The molecular weight excluding hydrogens is 198 g/mol. The van der Waals surface area contributed by atoms with Crippen LogP contribution in [0.25, 0.3) is 11.3 Å². The average molecular weight is 213 g/mol. The van der Waals surface area contributed by atoms with Crippen LogP contribution in [-0.2, 0) is 0 Å². The third-order valence-electron chi connectivity index (χ3n) is 2.70. The molecular formula is C14H15NO. The Balaban J connectivity index is 2.49. The van der Waals surface area contributed by atoms with E-state index in [1.807, 2.05) is 25.1 Å². The van der Waals surface area contributed by atoms with Gasteiger partial charge < -0.3 is 4.98 Å². The second kappa shape index (κ2) is 3.97. The Bertz CT molecular complexity index is 537. The summed E-state index contributed by atoms with van der Waals surface area (Å²) in [6.07, 6.45) is 0. The molecule has 0 fully saturated rings. The summed E-state index contributed by atoms with van der Waals surface area (Å²) in [5.74, 6) is 0.0800. The molecule has 1 N–H and O–H groups in total. The molecule has 1 aromatic heterocycles. The molecule has 82 valence electrons. The normalized spacial score (nSPS) is 10.4. The van der Waals surface area contributed by atoms with Crippen molar-refractivity contribution < 1.29 is 4.79 Å². The third kappa shape index (κ3) is 1.91. The van der Waals surface area contributed by atoms with Crippen LogP contribution < -0.4 is 0 Å². The highest BCUT2D eigenvalue weighted by Crippen LogP contribution is 2.22. The monoisotopic (exact) mass is 213 g/mol. The third-order valence-corrected chi connectivity index (χ3v) is 2.70.